The smallest absolute Gasteiger partial charge is 0.318 e. The Labute approximate surface area is 202 Å². The Morgan fingerprint density at radius 2 is 1.76 bits per heavy atom. The van der Waals surface area contributed by atoms with Crippen LogP contribution in [0.4, 0.5) is 17.1 Å². The van der Waals surface area contributed by atoms with Crippen molar-refractivity contribution >= 4 is 57.3 Å². The quantitative estimate of drug-likeness (QED) is 0.177. The molecule has 34 heavy (non-hydrogen) atoms. The van der Waals surface area contributed by atoms with Crippen molar-refractivity contribution in [3.8, 4) is 11.5 Å². The molecule has 3 aromatic carbocycles. The van der Waals surface area contributed by atoms with Gasteiger partial charge in [0.25, 0.3) is 11.6 Å². The lowest BCUT2D eigenvalue weighted by atomic mass is 10.2. The summed E-state index contributed by atoms with van der Waals surface area (Å²) in [5, 5.41) is 22.3. The molecule has 0 aromatic heterocycles. The van der Waals surface area contributed by atoms with Gasteiger partial charge in [-0.05, 0) is 54.5 Å². The molecule has 1 amide bonds. The highest BCUT2D eigenvalue weighted by atomic mass is 32.2. The summed E-state index contributed by atoms with van der Waals surface area (Å²) >= 11 is 6.58. The number of ether oxygens (including phenoxy) is 1. The number of aryl methyl sites for hydroxylation is 1. The molecule has 0 aliphatic carbocycles. The molecule has 1 saturated heterocycles. The number of nitro groups is 2. The molecule has 0 radical (unpaired) electrons. The molecule has 0 atom stereocenters. The van der Waals surface area contributed by atoms with Crippen molar-refractivity contribution in [2.24, 2.45) is 0 Å². The molecule has 9 nitrogen and oxygen atoms in total. The Hall–Kier alpha value is -4.09. The molecule has 1 aliphatic rings. The van der Waals surface area contributed by atoms with Gasteiger partial charge in [-0.3, -0.25) is 29.9 Å². The lowest BCUT2D eigenvalue weighted by Gasteiger charge is -2.14. The number of non-ortho nitro benzene ring substituents is 1. The zero-order valence-corrected chi connectivity index (χ0v) is 19.2. The van der Waals surface area contributed by atoms with Crippen molar-refractivity contribution in [2.75, 3.05) is 4.90 Å². The lowest BCUT2D eigenvalue weighted by Crippen LogP contribution is -2.27. The fraction of sp³-hybridized carbons (Fsp3) is 0.0435. The number of carbonyl (C=O) groups excluding carboxylic acids is 1. The van der Waals surface area contributed by atoms with Crippen LogP contribution < -0.4 is 9.64 Å². The standard InChI is InChI=1S/C23H15N3O6S2/c1-14-4-2-6-16(10-14)24-22(27)21(34-23(24)33)12-15-5-3-7-18(11-15)32-20-9-8-17(25(28)29)13-19(20)26(30)31/h2-13H,1H3/b21-12-. The summed E-state index contributed by atoms with van der Waals surface area (Å²) in [4.78, 5) is 35.7. The van der Waals surface area contributed by atoms with E-state index in [1.165, 1.54) is 22.7 Å². The molecule has 1 aliphatic heterocycles. The average Bonchev–Trinajstić information content (AvgIpc) is 3.06. The Balaban J connectivity index is 1.60. The lowest BCUT2D eigenvalue weighted by molar-refractivity contribution is -0.394. The minimum atomic E-state index is -0.747. The van der Waals surface area contributed by atoms with E-state index in [-0.39, 0.29) is 17.4 Å². The molecule has 1 heterocycles. The van der Waals surface area contributed by atoms with E-state index >= 15 is 0 Å². The molecule has 0 saturated carbocycles. The van der Waals surface area contributed by atoms with Crippen molar-refractivity contribution in [1.29, 1.82) is 0 Å². The second-order valence-electron chi connectivity index (χ2n) is 7.20. The van der Waals surface area contributed by atoms with E-state index in [1.54, 1.807) is 30.3 Å². The Bertz CT molecular complexity index is 1390. The third kappa shape index (κ3) is 4.80. The normalized spacial score (nSPS) is 14.5. The first-order valence-electron chi connectivity index (χ1n) is 9.78. The zero-order chi connectivity index (χ0) is 24.4. The highest BCUT2D eigenvalue weighted by molar-refractivity contribution is 8.27. The molecular formula is C23H15N3O6S2. The highest BCUT2D eigenvalue weighted by Crippen LogP contribution is 2.38. The molecule has 3 aromatic rings. The molecule has 11 heteroatoms. The first-order chi connectivity index (χ1) is 16.2. The minimum absolute atomic E-state index is 0.140. The maximum Gasteiger partial charge on any atom is 0.318 e. The van der Waals surface area contributed by atoms with Crippen LogP contribution in [-0.2, 0) is 4.79 Å². The van der Waals surface area contributed by atoms with Gasteiger partial charge in [0.05, 0.1) is 26.5 Å². The van der Waals surface area contributed by atoms with E-state index in [9.17, 15) is 25.0 Å². The van der Waals surface area contributed by atoms with Crippen LogP contribution in [0, 0.1) is 27.2 Å². The maximum absolute atomic E-state index is 13.0. The molecule has 0 bridgehead atoms. The number of thiocarbonyl (C=S) groups is 1. The van der Waals surface area contributed by atoms with Crippen molar-refractivity contribution in [3.63, 3.8) is 0 Å². The third-order valence-electron chi connectivity index (χ3n) is 4.79. The van der Waals surface area contributed by atoms with Gasteiger partial charge in [-0.2, -0.15) is 0 Å². The van der Waals surface area contributed by atoms with E-state index in [4.69, 9.17) is 17.0 Å². The van der Waals surface area contributed by atoms with Crippen LogP contribution >= 0.6 is 24.0 Å². The van der Waals surface area contributed by atoms with E-state index in [0.717, 1.165) is 17.7 Å². The number of hydrogen-bond donors (Lipinski definition) is 0. The third-order valence-corrected chi connectivity index (χ3v) is 6.09. The van der Waals surface area contributed by atoms with Crippen molar-refractivity contribution in [2.45, 2.75) is 6.92 Å². The van der Waals surface area contributed by atoms with Crippen molar-refractivity contribution < 1.29 is 19.4 Å². The summed E-state index contributed by atoms with van der Waals surface area (Å²) in [7, 11) is 0. The van der Waals surface area contributed by atoms with Crippen molar-refractivity contribution in [1.82, 2.24) is 0 Å². The van der Waals surface area contributed by atoms with Gasteiger partial charge in [-0.1, -0.05) is 48.2 Å². The van der Waals surface area contributed by atoms with Crippen LogP contribution in [0.5, 0.6) is 11.5 Å². The Morgan fingerprint density at radius 3 is 2.47 bits per heavy atom. The maximum atomic E-state index is 13.0. The minimum Gasteiger partial charge on any atom is -0.450 e. The number of carbonyl (C=O) groups is 1. The summed E-state index contributed by atoms with van der Waals surface area (Å²) in [5.74, 6) is -0.128. The Morgan fingerprint density at radius 1 is 1.00 bits per heavy atom. The number of anilines is 1. The number of rotatable bonds is 6. The number of hydrogen-bond acceptors (Lipinski definition) is 8. The van der Waals surface area contributed by atoms with Gasteiger partial charge in [-0.25, -0.2) is 0 Å². The molecule has 4 rings (SSSR count). The van der Waals surface area contributed by atoms with Crippen molar-refractivity contribution in [3.05, 3.63) is 103 Å². The largest absolute Gasteiger partial charge is 0.450 e. The Kier molecular flexibility index (Phi) is 6.39. The van der Waals surface area contributed by atoms with Gasteiger partial charge in [0.15, 0.2) is 4.32 Å². The SMILES string of the molecule is Cc1cccc(N2C(=O)/C(=C/c3cccc(Oc4ccc([N+](=O)[O-])cc4[N+](=O)[O-])c3)SC2=S)c1. The fourth-order valence-corrected chi connectivity index (χ4v) is 4.55. The first kappa shape index (κ1) is 23.1. The van der Waals surface area contributed by atoms with Crippen LogP contribution in [0.15, 0.2) is 71.6 Å². The van der Waals surface area contributed by atoms with E-state index in [2.05, 4.69) is 0 Å². The highest BCUT2D eigenvalue weighted by Gasteiger charge is 2.33. The molecular weight excluding hydrogens is 478 g/mol. The molecule has 170 valence electrons. The summed E-state index contributed by atoms with van der Waals surface area (Å²) in [5.41, 5.74) is 1.36. The second-order valence-corrected chi connectivity index (χ2v) is 8.87. The van der Waals surface area contributed by atoms with E-state index in [0.29, 0.717) is 20.5 Å². The number of benzene rings is 3. The second kappa shape index (κ2) is 9.41. The summed E-state index contributed by atoms with van der Waals surface area (Å²) in [6.45, 7) is 1.93. The van der Waals surface area contributed by atoms with Crippen LogP contribution in [0.3, 0.4) is 0 Å². The van der Waals surface area contributed by atoms with Gasteiger partial charge < -0.3 is 4.74 Å². The van der Waals surface area contributed by atoms with Gasteiger partial charge in [0.2, 0.25) is 5.75 Å². The average molecular weight is 494 g/mol. The number of nitrogens with zero attached hydrogens (tertiary/aromatic N) is 3. The topological polar surface area (TPSA) is 116 Å². The molecule has 0 spiro atoms. The van der Waals surface area contributed by atoms with Crippen LogP contribution in [-0.4, -0.2) is 20.1 Å². The molecule has 0 N–H and O–H groups in total. The molecule has 0 unspecified atom stereocenters. The number of thioether (sulfide) groups is 1. The van der Waals surface area contributed by atoms with Gasteiger partial charge >= 0.3 is 5.69 Å². The number of nitro benzene ring substituents is 2. The first-order valence-corrected chi connectivity index (χ1v) is 11.0. The van der Waals surface area contributed by atoms with Gasteiger partial charge in [0, 0.05) is 6.07 Å². The monoisotopic (exact) mass is 493 g/mol. The van der Waals surface area contributed by atoms with Crippen LogP contribution in [0.2, 0.25) is 0 Å². The molecule has 1 fully saturated rings. The van der Waals surface area contributed by atoms with E-state index in [1.807, 2.05) is 31.2 Å². The summed E-state index contributed by atoms with van der Waals surface area (Å²) < 4.78 is 6.05. The van der Waals surface area contributed by atoms with Crippen LogP contribution in [0.1, 0.15) is 11.1 Å². The zero-order valence-electron chi connectivity index (χ0n) is 17.5. The van der Waals surface area contributed by atoms with E-state index < -0.39 is 21.2 Å². The summed E-state index contributed by atoms with van der Waals surface area (Å²) in [6, 6.07) is 17.2. The van der Waals surface area contributed by atoms with Gasteiger partial charge in [-0.15, -0.1) is 0 Å². The van der Waals surface area contributed by atoms with Gasteiger partial charge in [0.1, 0.15) is 5.75 Å². The summed E-state index contributed by atoms with van der Waals surface area (Å²) in [6.07, 6.45) is 1.66. The predicted molar refractivity (Wildman–Crippen MR) is 133 cm³/mol. The fourth-order valence-electron chi connectivity index (χ4n) is 3.25. The number of amides is 1. The van der Waals surface area contributed by atoms with Crippen LogP contribution in [0.25, 0.3) is 6.08 Å². The predicted octanol–water partition coefficient (Wildman–Crippen LogP) is 6.01.